The third-order valence-corrected chi connectivity index (χ3v) is 3.26. The Morgan fingerprint density at radius 3 is 2.64 bits per heavy atom. The predicted molar refractivity (Wildman–Crippen MR) is 56.0 cm³/mol. The lowest BCUT2D eigenvalue weighted by Gasteiger charge is -2.33. The molecule has 2 unspecified atom stereocenters. The molecule has 0 amide bonds. The van der Waals surface area contributed by atoms with Crippen LogP contribution in [-0.2, 0) is 9.59 Å². The minimum atomic E-state index is 0.218. The summed E-state index contributed by atoms with van der Waals surface area (Å²) in [6.45, 7) is 6.00. The van der Waals surface area contributed by atoms with Crippen molar-refractivity contribution in [1.29, 1.82) is 0 Å². The van der Waals surface area contributed by atoms with E-state index in [0.29, 0.717) is 36.4 Å². The Morgan fingerprint density at radius 2 is 2.14 bits per heavy atom. The van der Waals surface area contributed by atoms with Crippen LogP contribution in [0.1, 0.15) is 46.5 Å². The average Bonchev–Trinajstić information content (AvgIpc) is 2.01. The van der Waals surface area contributed by atoms with Crippen molar-refractivity contribution in [2.75, 3.05) is 0 Å². The molecule has 1 rings (SSSR count). The second-order valence-corrected chi connectivity index (χ2v) is 4.86. The Kier molecular flexibility index (Phi) is 3.85. The van der Waals surface area contributed by atoms with Gasteiger partial charge in [-0.2, -0.15) is 0 Å². The molecule has 0 aromatic carbocycles. The van der Waals surface area contributed by atoms with Gasteiger partial charge in [-0.1, -0.05) is 13.8 Å². The summed E-state index contributed by atoms with van der Waals surface area (Å²) in [5.74, 6) is 2.03. The number of Topliss-reactive ketones (excluding diaryl/α,β-unsaturated/α-hetero) is 2. The first-order chi connectivity index (χ1) is 6.50. The third-order valence-electron chi connectivity index (χ3n) is 3.26. The Labute approximate surface area is 86.1 Å². The van der Waals surface area contributed by atoms with Crippen molar-refractivity contribution in [2.24, 2.45) is 17.8 Å². The summed E-state index contributed by atoms with van der Waals surface area (Å²) >= 11 is 0. The molecule has 1 aliphatic carbocycles. The lowest BCUT2D eigenvalue weighted by Crippen LogP contribution is -2.29. The fraction of sp³-hybridized carbons (Fsp3) is 0.833. The first-order valence-electron chi connectivity index (χ1n) is 5.52. The van der Waals surface area contributed by atoms with Gasteiger partial charge in [0.25, 0.3) is 0 Å². The van der Waals surface area contributed by atoms with Gasteiger partial charge in [-0.05, 0) is 31.1 Å². The molecule has 0 aromatic heterocycles. The molecular formula is C12H20O2. The minimum absolute atomic E-state index is 0.218. The molecule has 1 fully saturated rings. The molecule has 14 heavy (non-hydrogen) atoms. The van der Waals surface area contributed by atoms with Gasteiger partial charge in [0.05, 0.1) is 0 Å². The van der Waals surface area contributed by atoms with E-state index in [2.05, 4.69) is 13.8 Å². The van der Waals surface area contributed by atoms with Crippen LogP contribution in [0.2, 0.25) is 0 Å². The van der Waals surface area contributed by atoms with Crippen molar-refractivity contribution < 1.29 is 9.59 Å². The zero-order valence-corrected chi connectivity index (χ0v) is 9.38. The Morgan fingerprint density at radius 1 is 1.50 bits per heavy atom. The molecule has 0 aromatic rings. The molecule has 0 bridgehead atoms. The van der Waals surface area contributed by atoms with Crippen LogP contribution in [0.15, 0.2) is 0 Å². The van der Waals surface area contributed by atoms with E-state index in [4.69, 9.17) is 0 Å². The number of hydrogen-bond acceptors (Lipinski definition) is 2. The molecular weight excluding hydrogens is 176 g/mol. The highest BCUT2D eigenvalue weighted by atomic mass is 16.1. The summed E-state index contributed by atoms with van der Waals surface area (Å²) in [6.07, 6.45) is 2.92. The van der Waals surface area contributed by atoms with E-state index in [0.717, 1.165) is 12.8 Å². The van der Waals surface area contributed by atoms with E-state index in [9.17, 15) is 9.59 Å². The summed E-state index contributed by atoms with van der Waals surface area (Å²) in [4.78, 5) is 22.4. The van der Waals surface area contributed by atoms with Gasteiger partial charge in [0, 0.05) is 19.3 Å². The van der Waals surface area contributed by atoms with Gasteiger partial charge < -0.3 is 4.79 Å². The summed E-state index contributed by atoms with van der Waals surface area (Å²) < 4.78 is 0. The first-order valence-corrected chi connectivity index (χ1v) is 5.52. The SMILES string of the molecule is CC(=O)CC1CC(=O)CCC1C(C)C. The van der Waals surface area contributed by atoms with E-state index in [1.165, 1.54) is 0 Å². The summed E-state index contributed by atoms with van der Waals surface area (Å²) in [5.41, 5.74) is 0. The van der Waals surface area contributed by atoms with Gasteiger partial charge >= 0.3 is 0 Å². The van der Waals surface area contributed by atoms with Crippen LogP contribution >= 0.6 is 0 Å². The van der Waals surface area contributed by atoms with Crippen molar-refractivity contribution in [1.82, 2.24) is 0 Å². The van der Waals surface area contributed by atoms with Crippen molar-refractivity contribution >= 4 is 11.6 Å². The molecule has 0 aliphatic heterocycles. The Hall–Kier alpha value is -0.660. The van der Waals surface area contributed by atoms with Crippen LogP contribution in [0.5, 0.6) is 0 Å². The number of ketones is 2. The van der Waals surface area contributed by atoms with Crippen LogP contribution in [0.3, 0.4) is 0 Å². The predicted octanol–water partition coefficient (Wildman–Crippen LogP) is 2.61. The molecule has 0 saturated heterocycles. The monoisotopic (exact) mass is 196 g/mol. The molecule has 0 spiro atoms. The Balaban J connectivity index is 2.63. The van der Waals surface area contributed by atoms with Crippen LogP contribution in [0, 0.1) is 17.8 Å². The normalized spacial score (nSPS) is 28.1. The largest absolute Gasteiger partial charge is 0.300 e. The second kappa shape index (κ2) is 4.72. The number of hydrogen-bond donors (Lipinski definition) is 0. The second-order valence-electron chi connectivity index (χ2n) is 4.86. The van der Waals surface area contributed by atoms with Crippen LogP contribution < -0.4 is 0 Å². The lowest BCUT2D eigenvalue weighted by atomic mass is 9.71. The van der Waals surface area contributed by atoms with Crippen LogP contribution in [-0.4, -0.2) is 11.6 Å². The quantitative estimate of drug-likeness (QED) is 0.695. The molecule has 80 valence electrons. The smallest absolute Gasteiger partial charge is 0.133 e. The van der Waals surface area contributed by atoms with Gasteiger partial charge in [0.1, 0.15) is 11.6 Å². The number of carbonyl (C=O) groups is 2. The lowest BCUT2D eigenvalue weighted by molar-refractivity contribution is -0.124. The van der Waals surface area contributed by atoms with E-state index < -0.39 is 0 Å². The molecule has 2 heteroatoms. The summed E-state index contributed by atoms with van der Waals surface area (Å²) in [5, 5.41) is 0. The van der Waals surface area contributed by atoms with E-state index in [1.807, 2.05) is 0 Å². The van der Waals surface area contributed by atoms with Crippen molar-refractivity contribution in [3.05, 3.63) is 0 Å². The molecule has 1 saturated carbocycles. The fourth-order valence-electron chi connectivity index (χ4n) is 2.58. The zero-order valence-electron chi connectivity index (χ0n) is 9.38. The highest BCUT2D eigenvalue weighted by Gasteiger charge is 2.31. The molecule has 0 heterocycles. The van der Waals surface area contributed by atoms with E-state index in [-0.39, 0.29) is 5.78 Å². The molecule has 2 atom stereocenters. The number of rotatable bonds is 3. The van der Waals surface area contributed by atoms with E-state index >= 15 is 0 Å². The third kappa shape index (κ3) is 2.93. The minimum Gasteiger partial charge on any atom is -0.300 e. The van der Waals surface area contributed by atoms with Gasteiger partial charge in [-0.3, -0.25) is 4.79 Å². The van der Waals surface area contributed by atoms with Crippen LogP contribution in [0.25, 0.3) is 0 Å². The van der Waals surface area contributed by atoms with E-state index in [1.54, 1.807) is 6.92 Å². The molecule has 0 radical (unpaired) electrons. The molecule has 1 aliphatic rings. The van der Waals surface area contributed by atoms with Crippen molar-refractivity contribution in [2.45, 2.75) is 46.5 Å². The van der Waals surface area contributed by atoms with Gasteiger partial charge in [0.15, 0.2) is 0 Å². The standard InChI is InChI=1S/C12H20O2/c1-8(2)12-5-4-11(14)7-10(12)6-9(3)13/h8,10,12H,4-7H2,1-3H3. The summed E-state index contributed by atoms with van der Waals surface area (Å²) in [7, 11) is 0. The Bertz CT molecular complexity index is 228. The highest BCUT2D eigenvalue weighted by Crippen LogP contribution is 2.35. The van der Waals surface area contributed by atoms with Gasteiger partial charge in [-0.25, -0.2) is 0 Å². The maximum Gasteiger partial charge on any atom is 0.133 e. The summed E-state index contributed by atoms with van der Waals surface area (Å²) in [6, 6.07) is 0. The maximum atomic E-state index is 11.3. The van der Waals surface area contributed by atoms with Crippen molar-refractivity contribution in [3.63, 3.8) is 0 Å². The zero-order chi connectivity index (χ0) is 10.7. The van der Waals surface area contributed by atoms with Crippen molar-refractivity contribution in [3.8, 4) is 0 Å². The first kappa shape index (κ1) is 11.4. The fourth-order valence-corrected chi connectivity index (χ4v) is 2.58. The molecule has 0 N–H and O–H groups in total. The maximum absolute atomic E-state index is 11.3. The topological polar surface area (TPSA) is 34.1 Å². The van der Waals surface area contributed by atoms with Gasteiger partial charge in [0.2, 0.25) is 0 Å². The molecule has 2 nitrogen and oxygen atoms in total. The van der Waals surface area contributed by atoms with Crippen LogP contribution in [0.4, 0.5) is 0 Å². The van der Waals surface area contributed by atoms with Gasteiger partial charge in [-0.15, -0.1) is 0 Å². The highest BCUT2D eigenvalue weighted by molar-refractivity contribution is 5.81. The number of carbonyl (C=O) groups excluding carboxylic acids is 2. The average molecular weight is 196 g/mol.